The second kappa shape index (κ2) is 9.05. The van der Waals surface area contributed by atoms with E-state index in [0.29, 0.717) is 28.9 Å². The lowest BCUT2D eigenvalue weighted by molar-refractivity contribution is -0.0498. The van der Waals surface area contributed by atoms with Gasteiger partial charge in [-0.1, -0.05) is 33.8 Å². The SMILES string of the molecule is Nn1c(SCCOc2cccc(Br)c2)nnc1-c1ccc(OC(F)F)cc1. The fraction of sp³-hybridized carbons (Fsp3) is 0.176. The van der Waals surface area contributed by atoms with Crippen molar-refractivity contribution in [2.24, 2.45) is 0 Å². The van der Waals surface area contributed by atoms with Crippen LogP contribution in [0.2, 0.25) is 0 Å². The number of nitrogens with zero attached hydrogens (tertiary/aromatic N) is 3. The highest BCUT2D eigenvalue weighted by Gasteiger charge is 2.13. The van der Waals surface area contributed by atoms with Crippen molar-refractivity contribution < 1.29 is 18.3 Å². The number of aromatic nitrogens is 3. The maximum absolute atomic E-state index is 12.2. The number of nitrogens with two attached hydrogens (primary N) is 1. The molecule has 0 aliphatic carbocycles. The van der Waals surface area contributed by atoms with Crippen LogP contribution in [0.4, 0.5) is 8.78 Å². The summed E-state index contributed by atoms with van der Waals surface area (Å²) in [5, 5.41) is 8.64. The van der Waals surface area contributed by atoms with Gasteiger partial charge in [0, 0.05) is 15.8 Å². The third-order valence-electron chi connectivity index (χ3n) is 3.38. The Hall–Kier alpha value is -2.33. The fourth-order valence-corrected chi connectivity index (χ4v) is 3.26. The first-order chi connectivity index (χ1) is 13.0. The van der Waals surface area contributed by atoms with Gasteiger partial charge in [-0.25, -0.2) is 4.68 Å². The van der Waals surface area contributed by atoms with Crippen LogP contribution in [0.15, 0.2) is 58.2 Å². The second-order valence-corrected chi connectivity index (χ2v) is 7.21. The van der Waals surface area contributed by atoms with E-state index in [2.05, 4.69) is 30.9 Å². The van der Waals surface area contributed by atoms with Crippen molar-refractivity contribution in [3.63, 3.8) is 0 Å². The fourth-order valence-electron chi connectivity index (χ4n) is 2.21. The molecule has 1 heterocycles. The van der Waals surface area contributed by atoms with Crippen LogP contribution in [-0.4, -0.2) is 33.8 Å². The highest BCUT2D eigenvalue weighted by atomic mass is 79.9. The summed E-state index contributed by atoms with van der Waals surface area (Å²) in [7, 11) is 0. The predicted octanol–water partition coefficient (Wildman–Crippen LogP) is 4.19. The molecule has 0 radical (unpaired) electrons. The van der Waals surface area contributed by atoms with Gasteiger partial charge in [-0.3, -0.25) is 0 Å². The molecule has 27 heavy (non-hydrogen) atoms. The normalized spacial score (nSPS) is 11.0. The average molecular weight is 457 g/mol. The highest BCUT2D eigenvalue weighted by molar-refractivity contribution is 9.10. The minimum atomic E-state index is -2.86. The van der Waals surface area contributed by atoms with E-state index >= 15 is 0 Å². The van der Waals surface area contributed by atoms with Crippen LogP contribution in [0.1, 0.15) is 0 Å². The highest BCUT2D eigenvalue weighted by Crippen LogP contribution is 2.24. The van der Waals surface area contributed by atoms with Gasteiger partial charge in [0.1, 0.15) is 11.5 Å². The average Bonchev–Trinajstić information content (AvgIpc) is 3.00. The van der Waals surface area contributed by atoms with E-state index in [1.165, 1.54) is 28.6 Å². The van der Waals surface area contributed by atoms with Crippen molar-refractivity contribution in [1.29, 1.82) is 0 Å². The molecular formula is C17H15BrF2N4O2S. The minimum absolute atomic E-state index is 0.0659. The zero-order chi connectivity index (χ0) is 19.2. The van der Waals surface area contributed by atoms with E-state index in [0.717, 1.165) is 10.2 Å². The number of benzene rings is 2. The molecule has 0 amide bonds. The zero-order valence-corrected chi connectivity index (χ0v) is 16.3. The van der Waals surface area contributed by atoms with Crippen LogP contribution in [0.3, 0.4) is 0 Å². The smallest absolute Gasteiger partial charge is 0.387 e. The molecule has 0 spiro atoms. The van der Waals surface area contributed by atoms with Gasteiger partial charge >= 0.3 is 6.61 Å². The molecule has 0 aliphatic heterocycles. The van der Waals surface area contributed by atoms with Gasteiger partial charge in [-0.15, -0.1) is 10.2 Å². The molecule has 142 valence electrons. The molecule has 0 aliphatic rings. The molecule has 3 rings (SSSR count). The quantitative estimate of drug-likeness (QED) is 0.311. The first-order valence-electron chi connectivity index (χ1n) is 7.80. The monoisotopic (exact) mass is 456 g/mol. The molecule has 0 saturated heterocycles. The largest absolute Gasteiger partial charge is 0.493 e. The zero-order valence-electron chi connectivity index (χ0n) is 13.9. The van der Waals surface area contributed by atoms with E-state index in [1.54, 1.807) is 12.1 Å². The lowest BCUT2D eigenvalue weighted by atomic mass is 10.2. The Kier molecular flexibility index (Phi) is 6.51. The van der Waals surface area contributed by atoms with Crippen molar-refractivity contribution in [3.8, 4) is 22.9 Å². The molecule has 3 aromatic rings. The van der Waals surface area contributed by atoms with E-state index in [9.17, 15) is 8.78 Å². The summed E-state index contributed by atoms with van der Waals surface area (Å²) in [6.07, 6.45) is 0. The molecule has 10 heteroatoms. The van der Waals surface area contributed by atoms with Crippen molar-refractivity contribution >= 4 is 27.7 Å². The third-order valence-corrected chi connectivity index (χ3v) is 4.78. The maximum Gasteiger partial charge on any atom is 0.387 e. The van der Waals surface area contributed by atoms with E-state index in [4.69, 9.17) is 10.6 Å². The Bertz CT molecular complexity index is 893. The second-order valence-electron chi connectivity index (χ2n) is 5.23. The summed E-state index contributed by atoms with van der Waals surface area (Å²) in [6.45, 7) is -2.39. The number of ether oxygens (including phenoxy) is 2. The summed E-state index contributed by atoms with van der Waals surface area (Å²) < 4.78 is 36.7. The Morgan fingerprint density at radius 2 is 1.89 bits per heavy atom. The lowest BCUT2D eigenvalue weighted by Gasteiger charge is -2.07. The summed E-state index contributed by atoms with van der Waals surface area (Å²) in [5.74, 6) is 7.93. The van der Waals surface area contributed by atoms with Gasteiger partial charge in [-0.05, 0) is 42.5 Å². The van der Waals surface area contributed by atoms with Gasteiger partial charge in [0.15, 0.2) is 5.82 Å². The maximum atomic E-state index is 12.2. The summed E-state index contributed by atoms with van der Waals surface area (Å²) in [5.41, 5.74) is 0.642. The Labute approximate surface area is 166 Å². The van der Waals surface area contributed by atoms with E-state index < -0.39 is 6.61 Å². The van der Waals surface area contributed by atoms with Crippen molar-refractivity contribution in [2.75, 3.05) is 18.2 Å². The number of halogens is 3. The molecule has 0 saturated carbocycles. The number of hydrogen-bond acceptors (Lipinski definition) is 6. The lowest BCUT2D eigenvalue weighted by Crippen LogP contribution is -2.12. The van der Waals surface area contributed by atoms with Gasteiger partial charge in [-0.2, -0.15) is 8.78 Å². The first kappa shape index (κ1) is 19.4. The molecule has 1 aromatic heterocycles. The summed E-state index contributed by atoms with van der Waals surface area (Å²) >= 11 is 4.79. The number of nitrogen functional groups attached to an aromatic ring is 1. The predicted molar refractivity (Wildman–Crippen MR) is 103 cm³/mol. The first-order valence-corrected chi connectivity index (χ1v) is 9.57. The van der Waals surface area contributed by atoms with Crippen LogP contribution in [0.5, 0.6) is 11.5 Å². The Balaban J connectivity index is 1.56. The van der Waals surface area contributed by atoms with Gasteiger partial charge in [0.05, 0.1) is 6.61 Å². The van der Waals surface area contributed by atoms with Gasteiger partial charge in [0.25, 0.3) is 0 Å². The standard InChI is InChI=1S/C17H15BrF2N4O2S/c18-12-2-1-3-14(10-12)25-8-9-27-17-23-22-15(24(17)21)11-4-6-13(7-5-11)26-16(19)20/h1-7,10,16H,8-9,21H2. The van der Waals surface area contributed by atoms with Crippen LogP contribution in [-0.2, 0) is 0 Å². The van der Waals surface area contributed by atoms with Gasteiger partial charge in [0.2, 0.25) is 5.16 Å². The third kappa shape index (κ3) is 5.33. The van der Waals surface area contributed by atoms with Gasteiger partial charge < -0.3 is 15.3 Å². The molecule has 0 unspecified atom stereocenters. The topological polar surface area (TPSA) is 75.2 Å². The Morgan fingerprint density at radius 3 is 2.59 bits per heavy atom. The molecule has 0 bridgehead atoms. The molecular weight excluding hydrogens is 442 g/mol. The number of alkyl halides is 2. The number of rotatable bonds is 8. The van der Waals surface area contributed by atoms with Crippen LogP contribution >= 0.6 is 27.7 Å². The molecule has 0 fully saturated rings. The van der Waals surface area contributed by atoms with Crippen LogP contribution < -0.4 is 15.3 Å². The van der Waals surface area contributed by atoms with Crippen LogP contribution in [0.25, 0.3) is 11.4 Å². The summed E-state index contributed by atoms with van der Waals surface area (Å²) in [6, 6.07) is 13.6. The van der Waals surface area contributed by atoms with Crippen molar-refractivity contribution in [1.82, 2.24) is 14.9 Å². The van der Waals surface area contributed by atoms with Crippen molar-refractivity contribution in [3.05, 3.63) is 53.0 Å². The Morgan fingerprint density at radius 1 is 1.11 bits per heavy atom. The minimum Gasteiger partial charge on any atom is -0.493 e. The van der Waals surface area contributed by atoms with E-state index in [1.807, 2.05) is 24.3 Å². The number of hydrogen-bond donors (Lipinski definition) is 1. The molecule has 6 nitrogen and oxygen atoms in total. The molecule has 0 atom stereocenters. The van der Waals surface area contributed by atoms with Crippen LogP contribution in [0, 0.1) is 0 Å². The van der Waals surface area contributed by atoms with E-state index in [-0.39, 0.29) is 5.75 Å². The molecule has 2 aromatic carbocycles. The van der Waals surface area contributed by atoms with Crippen molar-refractivity contribution in [2.45, 2.75) is 11.8 Å². The summed E-state index contributed by atoms with van der Waals surface area (Å²) in [4.78, 5) is 0. The number of thioether (sulfide) groups is 1. The molecule has 2 N–H and O–H groups in total.